The molecule has 0 fully saturated rings. The highest BCUT2D eigenvalue weighted by atomic mass is 16.6. The van der Waals surface area contributed by atoms with Crippen molar-refractivity contribution in [1.82, 2.24) is 0 Å². The maximum absolute atomic E-state index is 13.3. The Hall–Kier alpha value is -5.04. The molecule has 6 atom stereocenters. The van der Waals surface area contributed by atoms with Crippen LogP contribution in [0.1, 0.15) is 80.7 Å². The first kappa shape index (κ1) is 41.4. The topological polar surface area (TPSA) is 178 Å². The minimum Gasteiger partial charge on any atom is -0.458 e. The number of aliphatic hydroxyl groups is 1. The standard InChI is InChI=1S/C39H48O13/c1-21-31(47-23(3)41)18-30-34(49-25(5)43)17-29(20-40)33(52-35(46)16-15-28-13-11-10-12-14-28)19-32(48-24(4)42)22(2)37(50-26(6)44)38(51-27(7)45)36(21)39(30,8)9/h10-17,30-34,38,40H,18-20H2,1-9H3. The van der Waals surface area contributed by atoms with Crippen LogP contribution < -0.4 is 0 Å². The lowest BCUT2D eigenvalue weighted by molar-refractivity contribution is -0.156. The van der Waals surface area contributed by atoms with Crippen molar-refractivity contribution < 1.29 is 62.3 Å². The molecule has 1 N–H and O–H groups in total. The third kappa shape index (κ3) is 10.7. The molecule has 0 heterocycles. The molecule has 13 heteroatoms. The monoisotopic (exact) mass is 724 g/mol. The Morgan fingerprint density at radius 3 is 1.81 bits per heavy atom. The molecule has 0 aliphatic heterocycles. The van der Waals surface area contributed by atoms with Crippen molar-refractivity contribution in [2.45, 2.75) is 106 Å². The second-order valence-electron chi connectivity index (χ2n) is 13.4. The highest BCUT2D eigenvalue weighted by Crippen LogP contribution is 2.52. The lowest BCUT2D eigenvalue weighted by Crippen LogP contribution is -2.49. The summed E-state index contributed by atoms with van der Waals surface area (Å²) in [5.41, 5.74) is 0.751. The fourth-order valence-electron chi connectivity index (χ4n) is 6.86. The second-order valence-corrected chi connectivity index (χ2v) is 13.4. The second kappa shape index (κ2) is 17.9. The average Bonchev–Trinajstić information content (AvgIpc) is 3.03. The molecule has 0 spiro atoms. The van der Waals surface area contributed by atoms with Crippen LogP contribution >= 0.6 is 0 Å². The zero-order valence-corrected chi connectivity index (χ0v) is 31.1. The van der Waals surface area contributed by atoms with Crippen LogP contribution in [0.25, 0.3) is 6.08 Å². The van der Waals surface area contributed by atoms with Gasteiger partial charge in [0.1, 0.15) is 24.4 Å². The van der Waals surface area contributed by atoms with Gasteiger partial charge in [-0.05, 0) is 60.1 Å². The van der Waals surface area contributed by atoms with Gasteiger partial charge >= 0.3 is 35.8 Å². The van der Waals surface area contributed by atoms with Gasteiger partial charge in [0.05, 0.1) is 6.61 Å². The van der Waals surface area contributed by atoms with E-state index in [1.165, 1.54) is 45.9 Å². The summed E-state index contributed by atoms with van der Waals surface area (Å²) >= 11 is 0. The number of benzene rings is 1. The average molecular weight is 725 g/mol. The van der Waals surface area contributed by atoms with Crippen LogP contribution in [0.3, 0.4) is 0 Å². The predicted molar refractivity (Wildman–Crippen MR) is 186 cm³/mol. The van der Waals surface area contributed by atoms with E-state index in [2.05, 4.69) is 0 Å². The normalized spacial score (nSPS) is 24.8. The molecule has 52 heavy (non-hydrogen) atoms. The molecular formula is C39H48O13. The highest BCUT2D eigenvalue weighted by Gasteiger charge is 2.51. The summed E-state index contributed by atoms with van der Waals surface area (Å²) in [5, 5.41) is 10.8. The third-order valence-electron chi connectivity index (χ3n) is 9.09. The summed E-state index contributed by atoms with van der Waals surface area (Å²) in [6, 6.07) is 8.97. The zero-order valence-electron chi connectivity index (χ0n) is 31.1. The smallest absolute Gasteiger partial charge is 0.331 e. The Morgan fingerprint density at radius 1 is 0.731 bits per heavy atom. The molecule has 3 rings (SSSR count). The van der Waals surface area contributed by atoms with Gasteiger partial charge in [0.15, 0.2) is 11.9 Å². The minimum absolute atomic E-state index is 0.108. The molecule has 0 saturated carbocycles. The Morgan fingerprint density at radius 2 is 1.29 bits per heavy atom. The van der Waals surface area contributed by atoms with Gasteiger partial charge in [0, 0.05) is 58.6 Å². The fraction of sp³-hybridized carbons (Fsp3) is 0.487. The fourth-order valence-corrected chi connectivity index (χ4v) is 6.86. The first-order chi connectivity index (χ1) is 24.3. The highest BCUT2D eigenvalue weighted by molar-refractivity contribution is 5.87. The van der Waals surface area contributed by atoms with E-state index in [9.17, 15) is 33.9 Å². The summed E-state index contributed by atoms with van der Waals surface area (Å²) in [6.45, 7) is 12.1. The summed E-state index contributed by atoms with van der Waals surface area (Å²) in [4.78, 5) is 76.5. The SMILES string of the molecule is CC(=O)OC1=C(C)C(OC(C)=O)CC(OC(=O)C=Cc2ccccc2)C(CO)=CC(OC(C)=O)C2CC(OC(C)=O)C(C)=C(C1OC(C)=O)C2(C)C. The largest absolute Gasteiger partial charge is 0.458 e. The molecule has 0 radical (unpaired) electrons. The molecule has 13 nitrogen and oxygen atoms in total. The molecule has 282 valence electrons. The first-order valence-electron chi connectivity index (χ1n) is 16.9. The molecule has 2 bridgehead atoms. The molecule has 1 aromatic carbocycles. The van der Waals surface area contributed by atoms with Crippen molar-refractivity contribution in [3.05, 3.63) is 76.1 Å². The van der Waals surface area contributed by atoms with Gasteiger partial charge in [-0.3, -0.25) is 24.0 Å². The number of rotatable bonds is 9. The van der Waals surface area contributed by atoms with Crippen LogP contribution in [-0.4, -0.2) is 78.0 Å². The van der Waals surface area contributed by atoms with E-state index in [1.54, 1.807) is 31.2 Å². The minimum atomic E-state index is -1.43. The van der Waals surface area contributed by atoms with Crippen molar-refractivity contribution in [3.8, 4) is 0 Å². The molecule has 0 saturated heterocycles. The van der Waals surface area contributed by atoms with Crippen LogP contribution in [0, 0.1) is 11.3 Å². The van der Waals surface area contributed by atoms with E-state index in [-0.39, 0.29) is 29.7 Å². The van der Waals surface area contributed by atoms with Gasteiger partial charge in [-0.1, -0.05) is 44.2 Å². The zero-order chi connectivity index (χ0) is 38.9. The Balaban J connectivity index is 2.45. The lowest BCUT2D eigenvalue weighted by atomic mass is 9.60. The molecule has 0 aromatic heterocycles. The molecular weight excluding hydrogens is 676 g/mol. The van der Waals surface area contributed by atoms with Gasteiger partial charge in [0.2, 0.25) is 0 Å². The van der Waals surface area contributed by atoms with Gasteiger partial charge in [-0.2, -0.15) is 0 Å². The predicted octanol–water partition coefficient (Wildman–Crippen LogP) is 4.86. The van der Waals surface area contributed by atoms with Crippen molar-refractivity contribution >= 4 is 41.9 Å². The van der Waals surface area contributed by atoms with E-state index in [4.69, 9.17) is 28.4 Å². The number of ether oxygens (including phenoxy) is 6. The summed E-state index contributed by atoms with van der Waals surface area (Å²) in [7, 11) is 0. The van der Waals surface area contributed by atoms with Crippen LogP contribution in [0.15, 0.2) is 70.5 Å². The number of carbonyl (C=O) groups excluding carboxylic acids is 6. The van der Waals surface area contributed by atoms with Crippen molar-refractivity contribution in [3.63, 3.8) is 0 Å². The van der Waals surface area contributed by atoms with Gasteiger partial charge in [0.25, 0.3) is 0 Å². The first-order valence-corrected chi connectivity index (χ1v) is 16.9. The van der Waals surface area contributed by atoms with E-state index < -0.39 is 84.3 Å². The number of hydrogen-bond acceptors (Lipinski definition) is 13. The lowest BCUT2D eigenvalue weighted by Gasteiger charge is -2.48. The van der Waals surface area contributed by atoms with Gasteiger partial charge < -0.3 is 33.5 Å². The molecule has 0 amide bonds. The van der Waals surface area contributed by atoms with Crippen LogP contribution in [0.5, 0.6) is 0 Å². The van der Waals surface area contributed by atoms with Crippen LogP contribution in [0.2, 0.25) is 0 Å². The van der Waals surface area contributed by atoms with E-state index in [1.807, 2.05) is 19.9 Å². The molecule has 2 aliphatic carbocycles. The molecule has 2 aliphatic rings. The number of carbonyl (C=O) groups is 6. The Bertz CT molecular complexity index is 1660. The van der Waals surface area contributed by atoms with Gasteiger partial charge in [-0.25, -0.2) is 4.79 Å². The van der Waals surface area contributed by atoms with Crippen molar-refractivity contribution in [2.24, 2.45) is 11.3 Å². The Kier molecular flexibility index (Phi) is 14.3. The van der Waals surface area contributed by atoms with E-state index >= 15 is 0 Å². The maximum Gasteiger partial charge on any atom is 0.331 e. The summed E-state index contributed by atoms with van der Waals surface area (Å²) in [5.74, 6) is -5.29. The van der Waals surface area contributed by atoms with Crippen LogP contribution in [0.4, 0.5) is 0 Å². The number of esters is 6. The Labute approximate surface area is 303 Å². The van der Waals surface area contributed by atoms with Crippen molar-refractivity contribution in [1.29, 1.82) is 0 Å². The van der Waals surface area contributed by atoms with Gasteiger partial charge in [-0.15, -0.1) is 0 Å². The number of aliphatic hydroxyl groups excluding tert-OH is 1. The maximum atomic E-state index is 13.3. The number of fused-ring (bicyclic) bond motifs is 2. The third-order valence-corrected chi connectivity index (χ3v) is 9.09. The summed E-state index contributed by atoms with van der Waals surface area (Å²) < 4.78 is 35.0. The van der Waals surface area contributed by atoms with Crippen LogP contribution in [-0.2, 0) is 57.2 Å². The van der Waals surface area contributed by atoms with Crippen molar-refractivity contribution in [2.75, 3.05) is 6.61 Å². The van der Waals surface area contributed by atoms with E-state index in [0.29, 0.717) is 16.7 Å². The summed E-state index contributed by atoms with van der Waals surface area (Å²) in [6.07, 6.45) is -2.03. The molecule has 1 aromatic rings. The molecule has 6 unspecified atom stereocenters. The quantitative estimate of drug-likeness (QED) is 0.158. The number of hydrogen-bond donors (Lipinski definition) is 1. The van der Waals surface area contributed by atoms with E-state index in [0.717, 1.165) is 13.8 Å².